The van der Waals surface area contributed by atoms with Crippen molar-refractivity contribution in [3.8, 4) is 0 Å². The van der Waals surface area contributed by atoms with Gasteiger partial charge in [-0.15, -0.1) is 0 Å². The molecule has 168 valence electrons. The Morgan fingerprint density at radius 2 is 1.93 bits per heavy atom. The first-order valence-electron chi connectivity index (χ1n) is 10.7. The van der Waals surface area contributed by atoms with Crippen molar-refractivity contribution < 1.29 is 22.7 Å². The van der Waals surface area contributed by atoms with E-state index in [9.17, 15) is 13.2 Å². The van der Waals surface area contributed by atoms with E-state index in [1.54, 1.807) is 7.05 Å². The summed E-state index contributed by atoms with van der Waals surface area (Å²) < 4.78 is 37.6. The van der Waals surface area contributed by atoms with Crippen molar-refractivity contribution in [3.05, 3.63) is 0 Å². The zero-order chi connectivity index (χ0) is 21.1. The highest BCUT2D eigenvalue weighted by atomic mass is 32.2. The van der Waals surface area contributed by atoms with Crippen LogP contribution in [0.1, 0.15) is 51.9 Å². The maximum Gasteiger partial charge on any atom is 0.308 e. The van der Waals surface area contributed by atoms with Gasteiger partial charge in [0.1, 0.15) is 0 Å². The van der Waals surface area contributed by atoms with Gasteiger partial charge in [-0.1, -0.05) is 0 Å². The van der Waals surface area contributed by atoms with E-state index in [4.69, 9.17) is 9.47 Å². The van der Waals surface area contributed by atoms with Gasteiger partial charge in [0.2, 0.25) is 10.0 Å². The van der Waals surface area contributed by atoms with Crippen LogP contribution in [0.2, 0.25) is 0 Å². The topological polar surface area (TPSA) is 118 Å². The highest BCUT2D eigenvalue weighted by Crippen LogP contribution is 2.25. The van der Waals surface area contributed by atoms with Crippen LogP contribution in [0.3, 0.4) is 0 Å². The van der Waals surface area contributed by atoms with Gasteiger partial charge in [-0.05, 0) is 51.9 Å². The molecule has 0 aromatic carbocycles. The van der Waals surface area contributed by atoms with Crippen molar-refractivity contribution in [2.75, 3.05) is 39.1 Å². The largest absolute Gasteiger partial charge is 0.466 e. The third kappa shape index (κ3) is 8.88. The van der Waals surface area contributed by atoms with Crippen molar-refractivity contribution >= 4 is 22.0 Å². The Balaban J connectivity index is 1.65. The van der Waals surface area contributed by atoms with E-state index in [1.807, 2.05) is 6.92 Å². The number of guanidine groups is 1. The van der Waals surface area contributed by atoms with Crippen LogP contribution in [0.5, 0.6) is 0 Å². The first kappa shape index (κ1) is 23.9. The number of nitrogens with zero attached hydrogens (tertiary/aromatic N) is 1. The smallest absolute Gasteiger partial charge is 0.308 e. The molecule has 2 fully saturated rings. The predicted molar refractivity (Wildman–Crippen MR) is 112 cm³/mol. The fourth-order valence-corrected chi connectivity index (χ4v) is 4.64. The summed E-state index contributed by atoms with van der Waals surface area (Å²) >= 11 is 0. The van der Waals surface area contributed by atoms with Crippen molar-refractivity contribution in [2.45, 2.75) is 64.0 Å². The number of carbonyl (C=O) groups excluding carboxylic acids is 1. The maximum absolute atomic E-state index is 12.2. The van der Waals surface area contributed by atoms with E-state index >= 15 is 0 Å². The van der Waals surface area contributed by atoms with Crippen LogP contribution >= 0.6 is 0 Å². The molecule has 1 aliphatic carbocycles. The number of sulfonamides is 1. The van der Waals surface area contributed by atoms with Gasteiger partial charge in [-0.3, -0.25) is 9.79 Å². The summed E-state index contributed by atoms with van der Waals surface area (Å²) in [5.41, 5.74) is 0. The van der Waals surface area contributed by atoms with Crippen LogP contribution < -0.4 is 15.4 Å². The number of hydrogen-bond acceptors (Lipinski definition) is 6. The minimum atomic E-state index is -3.37. The van der Waals surface area contributed by atoms with Gasteiger partial charge in [0.25, 0.3) is 0 Å². The molecule has 1 saturated carbocycles. The van der Waals surface area contributed by atoms with Crippen molar-refractivity contribution in [1.82, 2.24) is 15.4 Å². The maximum atomic E-state index is 12.2. The summed E-state index contributed by atoms with van der Waals surface area (Å²) in [5.74, 6) is 0.420. The highest BCUT2D eigenvalue weighted by Gasteiger charge is 2.27. The minimum Gasteiger partial charge on any atom is -0.466 e. The lowest BCUT2D eigenvalue weighted by atomic mass is 9.86. The van der Waals surface area contributed by atoms with Crippen molar-refractivity contribution in [2.24, 2.45) is 10.9 Å². The van der Waals surface area contributed by atoms with E-state index in [-0.39, 0.29) is 36.3 Å². The fraction of sp³-hybridized carbons (Fsp3) is 0.895. The molecule has 9 nitrogen and oxygen atoms in total. The fourth-order valence-electron chi connectivity index (χ4n) is 3.69. The Kier molecular flexibility index (Phi) is 10.2. The molecule has 1 unspecified atom stereocenters. The average Bonchev–Trinajstić information content (AvgIpc) is 2.73. The molecule has 0 spiro atoms. The first-order valence-corrected chi connectivity index (χ1v) is 12.3. The van der Waals surface area contributed by atoms with Crippen LogP contribution in [-0.2, 0) is 24.3 Å². The predicted octanol–water partition coefficient (Wildman–Crippen LogP) is 0.762. The van der Waals surface area contributed by atoms with E-state index in [1.165, 1.54) is 0 Å². The molecule has 29 heavy (non-hydrogen) atoms. The Morgan fingerprint density at radius 3 is 2.55 bits per heavy atom. The van der Waals surface area contributed by atoms with Gasteiger partial charge >= 0.3 is 5.97 Å². The second-order valence-corrected chi connectivity index (χ2v) is 9.53. The number of hydrogen-bond donors (Lipinski definition) is 3. The van der Waals surface area contributed by atoms with Gasteiger partial charge in [0, 0.05) is 32.8 Å². The third-order valence-corrected chi connectivity index (χ3v) is 6.73. The Bertz CT molecular complexity index is 627. The Morgan fingerprint density at radius 1 is 1.17 bits per heavy atom. The molecule has 2 aliphatic rings. The summed E-state index contributed by atoms with van der Waals surface area (Å²) in [7, 11) is -1.71. The molecule has 1 aliphatic heterocycles. The lowest BCUT2D eigenvalue weighted by molar-refractivity contribution is -0.149. The van der Waals surface area contributed by atoms with E-state index in [2.05, 4.69) is 20.3 Å². The molecule has 0 amide bonds. The molecule has 2 rings (SSSR count). The van der Waals surface area contributed by atoms with Gasteiger partial charge in [-0.2, -0.15) is 0 Å². The Labute approximate surface area is 174 Å². The lowest BCUT2D eigenvalue weighted by Crippen LogP contribution is -2.47. The van der Waals surface area contributed by atoms with E-state index < -0.39 is 10.0 Å². The van der Waals surface area contributed by atoms with Gasteiger partial charge in [0.15, 0.2) is 5.96 Å². The number of esters is 1. The zero-order valence-electron chi connectivity index (χ0n) is 17.6. The van der Waals surface area contributed by atoms with Gasteiger partial charge in [0.05, 0.1) is 24.4 Å². The summed E-state index contributed by atoms with van der Waals surface area (Å²) in [6.07, 6.45) is 6.28. The molecule has 0 bridgehead atoms. The first-order chi connectivity index (χ1) is 13.9. The molecule has 1 heterocycles. The number of aliphatic imine (C=N–C) groups is 1. The monoisotopic (exact) mass is 432 g/mol. The second-order valence-electron chi connectivity index (χ2n) is 7.60. The summed E-state index contributed by atoms with van der Waals surface area (Å²) in [6, 6.07) is 0.213. The van der Waals surface area contributed by atoms with Gasteiger partial charge < -0.3 is 20.1 Å². The van der Waals surface area contributed by atoms with Crippen LogP contribution in [0.4, 0.5) is 0 Å². The van der Waals surface area contributed by atoms with E-state index in [0.717, 1.165) is 44.9 Å². The molecule has 10 heteroatoms. The lowest BCUT2D eigenvalue weighted by Gasteiger charge is -2.29. The van der Waals surface area contributed by atoms with E-state index in [0.29, 0.717) is 25.7 Å². The third-order valence-electron chi connectivity index (χ3n) is 5.38. The quantitative estimate of drug-likeness (QED) is 0.280. The summed E-state index contributed by atoms with van der Waals surface area (Å²) in [4.78, 5) is 16.0. The second kappa shape index (κ2) is 12.3. The molecule has 1 atom stereocenters. The summed E-state index contributed by atoms with van der Waals surface area (Å²) in [6.45, 7) is 3.54. The number of rotatable bonds is 9. The van der Waals surface area contributed by atoms with Crippen LogP contribution in [0.25, 0.3) is 0 Å². The zero-order valence-corrected chi connectivity index (χ0v) is 18.4. The molecule has 3 N–H and O–H groups in total. The van der Waals surface area contributed by atoms with Crippen LogP contribution in [-0.4, -0.2) is 71.6 Å². The molecule has 0 radical (unpaired) electrons. The molecular weight excluding hydrogens is 396 g/mol. The van der Waals surface area contributed by atoms with Gasteiger partial charge in [-0.25, -0.2) is 13.1 Å². The average molecular weight is 433 g/mol. The minimum absolute atomic E-state index is 0.0210. The molecular formula is C19H36N4O5S. The highest BCUT2D eigenvalue weighted by molar-refractivity contribution is 7.89. The summed E-state index contributed by atoms with van der Waals surface area (Å²) in [5, 5.41) is 6.38. The van der Waals surface area contributed by atoms with Crippen molar-refractivity contribution in [3.63, 3.8) is 0 Å². The SMILES string of the molecule is CCOC(=O)C1CCC(NC(=NC)NCCS(=O)(=O)NCC2CCCCO2)CC1. The van der Waals surface area contributed by atoms with Crippen LogP contribution in [0.15, 0.2) is 4.99 Å². The number of ether oxygens (including phenoxy) is 2. The standard InChI is InChI=1S/C19H36N4O5S/c1-3-27-18(24)15-7-9-16(10-8-15)23-19(20-2)21-11-13-29(25,26)22-14-17-6-4-5-12-28-17/h15-17,22H,3-14H2,1-2H3,(H2,20,21,23). The molecule has 0 aromatic rings. The number of carbonyl (C=O) groups is 1. The normalized spacial score (nSPS) is 26.0. The molecule has 0 aromatic heterocycles. The number of nitrogens with one attached hydrogen (secondary N) is 3. The Hall–Kier alpha value is -1.39. The van der Waals surface area contributed by atoms with Crippen molar-refractivity contribution in [1.29, 1.82) is 0 Å². The van der Waals surface area contributed by atoms with Crippen LogP contribution in [0, 0.1) is 5.92 Å². The molecule has 1 saturated heterocycles.